The van der Waals surface area contributed by atoms with Gasteiger partial charge in [0.15, 0.2) is 0 Å². The molecule has 2 N–H and O–H groups in total. The van der Waals surface area contributed by atoms with Crippen LogP contribution in [0, 0.1) is 0 Å². The molecule has 0 aliphatic heterocycles. The Bertz CT molecular complexity index is 289. The number of nitrogens with one attached hydrogen (secondary N) is 1. The topological polar surface area (TPSA) is 45.1 Å². The lowest BCUT2D eigenvalue weighted by atomic mass is 10.2. The highest BCUT2D eigenvalue weighted by Crippen LogP contribution is 2.22. The van der Waals surface area contributed by atoms with Gasteiger partial charge in [-0.25, -0.2) is 4.98 Å². The van der Waals surface area contributed by atoms with Gasteiger partial charge in [0.05, 0.1) is 23.4 Å². The lowest BCUT2D eigenvalue weighted by Gasteiger charge is -2.13. The first-order valence-electron chi connectivity index (χ1n) is 3.79. The summed E-state index contributed by atoms with van der Waals surface area (Å²) in [5.74, 6) is 0. The highest BCUT2D eigenvalue weighted by Gasteiger charge is 2.13. The van der Waals surface area contributed by atoms with Crippen LogP contribution in [-0.2, 0) is 0 Å². The largest absolute Gasteiger partial charge is 0.394 e. The first-order chi connectivity index (χ1) is 6.19. The average molecular weight is 221 g/mol. The number of hydrogen-bond acceptors (Lipinski definition) is 3. The van der Waals surface area contributed by atoms with E-state index in [2.05, 4.69) is 10.3 Å². The van der Waals surface area contributed by atoms with Crippen LogP contribution in [0.5, 0.6) is 0 Å². The Balaban J connectivity index is 3.03. The van der Waals surface area contributed by atoms with E-state index in [1.54, 1.807) is 19.2 Å². The second kappa shape index (κ2) is 4.77. The second-order valence-electron chi connectivity index (χ2n) is 2.52. The zero-order valence-corrected chi connectivity index (χ0v) is 8.60. The van der Waals surface area contributed by atoms with Gasteiger partial charge in [-0.05, 0) is 19.2 Å². The first-order valence-corrected chi connectivity index (χ1v) is 4.54. The SMILES string of the molecule is CNC(CO)c1nc(Cl)ccc1Cl. The van der Waals surface area contributed by atoms with Crippen LogP contribution in [0.4, 0.5) is 0 Å². The standard InChI is InChI=1S/C8H10Cl2N2O/c1-11-6(4-13)8-5(9)2-3-7(10)12-8/h2-3,6,11,13H,4H2,1H3. The van der Waals surface area contributed by atoms with Crippen molar-refractivity contribution in [3.63, 3.8) is 0 Å². The Kier molecular flexibility index (Phi) is 3.93. The Morgan fingerprint density at radius 1 is 1.54 bits per heavy atom. The molecule has 1 atom stereocenters. The molecule has 0 aliphatic rings. The highest BCUT2D eigenvalue weighted by atomic mass is 35.5. The van der Waals surface area contributed by atoms with Crippen LogP contribution in [0.3, 0.4) is 0 Å². The third kappa shape index (κ3) is 2.54. The van der Waals surface area contributed by atoms with Crippen LogP contribution in [0.25, 0.3) is 0 Å². The molecular formula is C8H10Cl2N2O. The molecule has 0 radical (unpaired) electrons. The predicted octanol–water partition coefficient (Wildman–Crippen LogP) is 1.64. The third-order valence-electron chi connectivity index (χ3n) is 1.70. The van der Waals surface area contributed by atoms with Gasteiger partial charge in [0, 0.05) is 0 Å². The highest BCUT2D eigenvalue weighted by molar-refractivity contribution is 6.32. The zero-order valence-electron chi connectivity index (χ0n) is 7.09. The Morgan fingerprint density at radius 2 is 2.23 bits per heavy atom. The fourth-order valence-electron chi connectivity index (χ4n) is 0.992. The van der Waals surface area contributed by atoms with Crippen molar-refractivity contribution in [2.24, 2.45) is 0 Å². The number of aliphatic hydroxyl groups excluding tert-OH is 1. The van der Waals surface area contributed by atoms with Crippen LogP contribution < -0.4 is 5.32 Å². The smallest absolute Gasteiger partial charge is 0.129 e. The molecule has 1 unspecified atom stereocenters. The van der Waals surface area contributed by atoms with Gasteiger partial charge >= 0.3 is 0 Å². The summed E-state index contributed by atoms with van der Waals surface area (Å²) in [6, 6.07) is 3.00. The van der Waals surface area contributed by atoms with Crippen LogP contribution in [0.15, 0.2) is 12.1 Å². The van der Waals surface area contributed by atoms with Gasteiger partial charge in [0.2, 0.25) is 0 Å². The van der Waals surface area contributed by atoms with Gasteiger partial charge in [-0.3, -0.25) is 0 Å². The molecule has 0 amide bonds. The van der Waals surface area contributed by atoms with E-state index in [1.807, 2.05) is 0 Å². The fourth-order valence-corrected chi connectivity index (χ4v) is 1.38. The average Bonchev–Trinajstić information content (AvgIpc) is 2.13. The van der Waals surface area contributed by atoms with Gasteiger partial charge in [-0.2, -0.15) is 0 Å². The maximum absolute atomic E-state index is 8.99. The predicted molar refractivity (Wildman–Crippen MR) is 53.1 cm³/mol. The summed E-state index contributed by atoms with van der Waals surface area (Å²) < 4.78 is 0. The van der Waals surface area contributed by atoms with Crippen molar-refractivity contribution in [2.75, 3.05) is 13.7 Å². The van der Waals surface area contributed by atoms with E-state index in [0.717, 1.165) is 0 Å². The molecule has 0 fully saturated rings. The number of nitrogens with zero attached hydrogens (tertiary/aromatic N) is 1. The zero-order chi connectivity index (χ0) is 9.84. The molecule has 0 spiro atoms. The van der Waals surface area contributed by atoms with Crippen molar-refractivity contribution >= 4 is 23.2 Å². The number of aliphatic hydroxyl groups is 1. The summed E-state index contributed by atoms with van der Waals surface area (Å²) in [6.45, 7) is -0.0659. The quantitative estimate of drug-likeness (QED) is 0.762. The van der Waals surface area contributed by atoms with Crippen LogP contribution in [0.2, 0.25) is 10.2 Å². The van der Waals surface area contributed by atoms with Gasteiger partial charge in [0.25, 0.3) is 0 Å². The molecule has 0 aliphatic carbocycles. The minimum absolute atomic E-state index is 0.0659. The van der Waals surface area contributed by atoms with Crippen LogP contribution >= 0.6 is 23.2 Å². The molecule has 3 nitrogen and oxygen atoms in total. The Labute approximate surface area is 86.7 Å². The first kappa shape index (κ1) is 10.7. The minimum Gasteiger partial charge on any atom is -0.394 e. The van der Waals surface area contributed by atoms with Gasteiger partial charge in [0.1, 0.15) is 5.15 Å². The molecule has 5 heteroatoms. The summed E-state index contributed by atoms with van der Waals surface area (Å²) in [6.07, 6.45) is 0. The van der Waals surface area contributed by atoms with Crippen LogP contribution in [0.1, 0.15) is 11.7 Å². The number of halogens is 2. The third-order valence-corrected chi connectivity index (χ3v) is 2.23. The maximum atomic E-state index is 8.99. The van der Waals surface area contributed by atoms with E-state index in [1.165, 1.54) is 0 Å². The monoisotopic (exact) mass is 220 g/mol. The minimum atomic E-state index is -0.272. The van der Waals surface area contributed by atoms with Crippen molar-refractivity contribution in [3.8, 4) is 0 Å². The van der Waals surface area contributed by atoms with Crippen molar-refractivity contribution < 1.29 is 5.11 Å². The van der Waals surface area contributed by atoms with Gasteiger partial charge in [-0.15, -0.1) is 0 Å². The number of hydrogen-bond donors (Lipinski definition) is 2. The molecule has 0 bridgehead atoms. The molecule has 0 saturated heterocycles. The number of pyridine rings is 1. The Hall–Kier alpha value is -0.350. The maximum Gasteiger partial charge on any atom is 0.129 e. The van der Waals surface area contributed by atoms with Gasteiger partial charge in [-0.1, -0.05) is 23.2 Å². The molecule has 1 aromatic rings. The van der Waals surface area contributed by atoms with E-state index in [0.29, 0.717) is 15.9 Å². The van der Waals surface area contributed by atoms with E-state index in [4.69, 9.17) is 28.3 Å². The molecular weight excluding hydrogens is 211 g/mol. The van der Waals surface area contributed by atoms with Crippen molar-refractivity contribution in [2.45, 2.75) is 6.04 Å². The molecule has 72 valence electrons. The van der Waals surface area contributed by atoms with Crippen molar-refractivity contribution in [1.82, 2.24) is 10.3 Å². The lowest BCUT2D eigenvalue weighted by molar-refractivity contribution is 0.248. The van der Waals surface area contributed by atoms with E-state index < -0.39 is 0 Å². The normalized spacial score (nSPS) is 12.9. The second-order valence-corrected chi connectivity index (χ2v) is 3.32. The molecule has 1 heterocycles. The van der Waals surface area contributed by atoms with E-state index in [9.17, 15) is 0 Å². The molecule has 1 rings (SSSR count). The van der Waals surface area contributed by atoms with Crippen LogP contribution in [-0.4, -0.2) is 23.7 Å². The number of rotatable bonds is 3. The van der Waals surface area contributed by atoms with E-state index in [-0.39, 0.29) is 12.6 Å². The fraction of sp³-hybridized carbons (Fsp3) is 0.375. The summed E-state index contributed by atoms with van der Waals surface area (Å²) in [5.41, 5.74) is 0.569. The van der Waals surface area contributed by atoms with Crippen molar-refractivity contribution in [3.05, 3.63) is 28.0 Å². The number of likely N-dealkylation sites (N-methyl/N-ethyl adjacent to an activating group) is 1. The lowest BCUT2D eigenvalue weighted by Crippen LogP contribution is -2.21. The molecule has 1 aromatic heterocycles. The summed E-state index contributed by atoms with van der Waals surface area (Å²) in [7, 11) is 1.72. The van der Waals surface area contributed by atoms with E-state index >= 15 is 0 Å². The summed E-state index contributed by atoms with van der Waals surface area (Å²) in [4.78, 5) is 4.03. The van der Waals surface area contributed by atoms with Crippen molar-refractivity contribution in [1.29, 1.82) is 0 Å². The summed E-state index contributed by atoms with van der Waals surface area (Å²) in [5, 5.41) is 12.7. The molecule has 0 aromatic carbocycles. The number of aromatic nitrogens is 1. The molecule has 0 saturated carbocycles. The summed E-state index contributed by atoms with van der Waals surface area (Å²) >= 11 is 11.6. The molecule has 13 heavy (non-hydrogen) atoms. The van der Waals surface area contributed by atoms with Gasteiger partial charge < -0.3 is 10.4 Å². The Morgan fingerprint density at radius 3 is 2.77 bits per heavy atom.